The Bertz CT molecular complexity index is 347. The number of urea groups is 1. The van der Waals surface area contributed by atoms with Gasteiger partial charge in [-0.05, 0) is 19.3 Å². The smallest absolute Gasteiger partial charge is 0.328 e. The topological polar surface area (TPSA) is 105 Å². The molecular weight excluding hydrogens is 240 g/mol. The average molecular weight is 256 g/mol. The van der Waals surface area contributed by atoms with Gasteiger partial charge in [-0.15, -0.1) is 0 Å². The fourth-order valence-corrected chi connectivity index (χ4v) is 1.52. The second kappa shape index (κ2) is 7.44. The van der Waals surface area contributed by atoms with E-state index in [0.29, 0.717) is 19.2 Å². The van der Waals surface area contributed by atoms with Crippen molar-refractivity contribution in [3.63, 3.8) is 0 Å². The molecule has 1 heterocycles. The van der Waals surface area contributed by atoms with Gasteiger partial charge in [0.25, 0.3) is 5.91 Å². The van der Waals surface area contributed by atoms with Crippen LogP contribution in [-0.4, -0.2) is 42.3 Å². The van der Waals surface area contributed by atoms with Gasteiger partial charge in [0.05, 0.1) is 6.10 Å². The van der Waals surface area contributed by atoms with E-state index >= 15 is 0 Å². The molecule has 1 atom stereocenters. The number of amides is 3. The number of carboxylic acids is 1. The number of carboxylic acid groups (broad SMARTS) is 1. The molecule has 100 valence electrons. The van der Waals surface area contributed by atoms with Crippen LogP contribution in [0.1, 0.15) is 19.3 Å². The highest BCUT2D eigenvalue weighted by atomic mass is 16.5. The van der Waals surface area contributed by atoms with E-state index in [1.165, 1.54) is 0 Å². The van der Waals surface area contributed by atoms with Crippen molar-refractivity contribution < 1.29 is 24.2 Å². The molecule has 7 nitrogen and oxygen atoms in total. The van der Waals surface area contributed by atoms with Crippen LogP contribution in [0, 0.1) is 0 Å². The number of carbonyl (C=O) groups is 3. The predicted molar refractivity (Wildman–Crippen MR) is 61.9 cm³/mol. The maximum absolute atomic E-state index is 11.3. The van der Waals surface area contributed by atoms with Crippen LogP contribution in [0.5, 0.6) is 0 Å². The van der Waals surface area contributed by atoms with E-state index in [9.17, 15) is 14.4 Å². The quantitative estimate of drug-likeness (QED) is 0.615. The van der Waals surface area contributed by atoms with Crippen molar-refractivity contribution in [2.24, 2.45) is 0 Å². The van der Waals surface area contributed by atoms with Crippen molar-refractivity contribution in [1.82, 2.24) is 10.6 Å². The lowest BCUT2D eigenvalue weighted by Crippen LogP contribution is -2.43. The van der Waals surface area contributed by atoms with Crippen molar-refractivity contribution in [1.29, 1.82) is 0 Å². The minimum absolute atomic E-state index is 0.0193. The molecule has 0 radical (unpaired) electrons. The van der Waals surface area contributed by atoms with Crippen LogP contribution in [0.3, 0.4) is 0 Å². The summed E-state index contributed by atoms with van der Waals surface area (Å²) in [6, 6.07) is -0.663. The first kappa shape index (κ1) is 14.2. The summed E-state index contributed by atoms with van der Waals surface area (Å²) in [5, 5.41) is 12.8. The zero-order chi connectivity index (χ0) is 13.4. The number of nitrogens with one attached hydrogen (secondary N) is 2. The molecule has 0 saturated carbocycles. The minimum Gasteiger partial charge on any atom is -0.478 e. The summed E-state index contributed by atoms with van der Waals surface area (Å²) < 4.78 is 5.39. The third-order valence-electron chi connectivity index (χ3n) is 2.38. The minimum atomic E-state index is -1.25. The highest BCUT2D eigenvalue weighted by molar-refractivity contribution is 6.02. The molecule has 1 fully saturated rings. The third kappa shape index (κ3) is 6.00. The lowest BCUT2D eigenvalue weighted by molar-refractivity contribution is -0.131. The maximum Gasteiger partial charge on any atom is 0.328 e. The van der Waals surface area contributed by atoms with Gasteiger partial charge in [0, 0.05) is 25.3 Å². The molecule has 1 aliphatic rings. The number of carbonyl (C=O) groups excluding carboxylic acids is 2. The molecule has 3 amide bonds. The standard InChI is InChI=1S/C11H16N2O5/c14-9(4-5-10(15)16)13-11(17)12-7-8-3-1-2-6-18-8/h4-5,8H,1-3,6-7H2,(H,15,16)(H2,12,13,14,17)/b5-4+. The van der Waals surface area contributed by atoms with Crippen molar-refractivity contribution >= 4 is 17.9 Å². The molecule has 1 saturated heterocycles. The van der Waals surface area contributed by atoms with Crippen LogP contribution in [0.15, 0.2) is 12.2 Å². The van der Waals surface area contributed by atoms with Gasteiger partial charge in [0.2, 0.25) is 0 Å². The van der Waals surface area contributed by atoms with E-state index in [1.807, 2.05) is 5.32 Å². The monoisotopic (exact) mass is 256 g/mol. The largest absolute Gasteiger partial charge is 0.478 e. The number of hydrogen-bond acceptors (Lipinski definition) is 4. The Kier molecular flexibility index (Phi) is 5.86. The fraction of sp³-hybridized carbons (Fsp3) is 0.545. The molecule has 1 rings (SSSR count). The van der Waals surface area contributed by atoms with E-state index in [0.717, 1.165) is 25.3 Å². The van der Waals surface area contributed by atoms with E-state index < -0.39 is 17.9 Å². The number of aliphatic carboxylic acids is 1. The summed E-state index contributed by atoms with van der Waals surface area (Å²) in [4.78, 5) is 32.5. The van der Waals surface area contributed by atoms with Crippen LogP contribution < -0.4 is 10.6 Å². The SMILES string of the molecule is O=C(O)/C=C/C(=O)NC(=O)NCC1CCCCO1. The zero-order valence-electron chi connectivity index (χ0n) is 9.85. The molecule has 1 aliphatic heterocycles. The lowest BCUT2D eigenvalue weighted by atomic mass is 10.1. The zero-order valence-corrected chi connectivity index (χ0v) is 9.85. The van der Waals surface area contributed by atoms with Gasteiger partial charge in [-0.2, -0.15) is 0 Å². The highest BCUT2D eigenvalue weighted by Gasteiger charge is 2.14. The van der Waals surface area contributed by atoms with Gasteiger partial charge in [-0.1, -0.05) is 0 Å². The molecular formula is C11H16N2O5. The second-order valence-corrected chi connectivity index (χ2v) is 3.86. The van der Waals surface area contributed by atoms with Crippen LogP contribution >= 0.6 is 0 Å². The van der Waals surface area contributed by atoms with Gasteiger partial charge in [0.15, 0.2) is 0 Å². The summed E-state index contributed by atoms with van der Waals surface area (Å²) in [6.07, 6.45) is 4.39. The van der Waals surface area contributed by atoms with Crippen molar-refractivity contribution in [2.75, 3.05) is 13.2 Å². The molecule has 0 aromatic rings. The number of ether oxygens (including phenoxy) is 1. The summed E-state index contributed by atoms with van der Waals surface area (Å²) in [5.41, 5.74) is 0. The Hall–Kier alpha value is -1.89. The molecule has 18 heavy (non-hydrogen) atoms. The Morgan fingerprint density at radius 3 is 2.67 bits per heavy atom. The van der Waals surface area contributed by atoms with Gasteiger partial charge >= 0.3 is 12.0 Å². The summed E-state index contributed by atoms with van der Waals surface area (Å²) in [6.45, 7) is 1.02. The Balaban J connectivity index is 2.20. The Labute approximate surface area is 104 Å². The van der Waals surface area contributed by atoms with Gasteiger partial charge < -0.3 is 15.2 Å². The van der Waals surface area contributed by atoms with Crippen molar-refractivity contribution in [3.05, 3.63) is 12.2 Å². The molecule has 3 N–H and O–H groups in total. The van der Waals surface area contributed by atoms with E-state index in [4.69, 9.17) is 9.84 Å². The first-order valence-electron chi connectivity index (χ1n) is 5.69. The first-order chi connectivity index (χ1) is 8.58. The molecule has 0 spiro atoms. The Morgan fingerprint density at radius 2 is 2.06 bits per heavy atom. The molecule has 7 heteroatoms. The average Bonchev–Trinajstić information content (AvgIpc) is 2.35. The van der Waals surface area contributed by atoms with Crippen molar-refractivity contribution in [3.8, 4) is 0 Å². The van der Waals surface area contributed by atoms with Gasteiger partial charge in [-0.3, -0.25) is 10.1 Å². The number of imide groups is 1. The van der Waals surface area contributed by atoms with Crippen LogP contribution in [0.2, 0.25) is 0 Å². The molecule has 0 aromatic carbocycles. The normalized spacial score (nSPS) is 19.4. The van der Waals surface area contributed by atoms with E-state index in [2.05, 4.69) is 5.32 Å². The van der Waals surface area contributed by atoms with Crippen LogP contribution in [0.25, 0.3) is 0 Å². The summed E-state index contributed by atoms with van der Waals surface area (Å²) in [5.74, 6) is -2.03. The van der Waals surface area contributed by atoms with Gasteiger partial charge in [-0.25, -0.2) is 9.59 Å². The highest BCUT2D eigenvalue weighted by Crippen LogP contribution is 2.11. The predicted octanol–water partition coefficient (Wildman–Crippen LogP) is 0.0221. The number of hydrogen-bond donors (Lipinski definition) is 3. The third-order valence-corrected chi connectivity index (χ3v) is 2.38. The van der Waals surface area contributed by atoms with Crippen LogP contribution in [0.4, 0.5) is 4.79 Å². The molecule has 0 aromatic heterocycles. The second-order valence-electron chi connectivity index (χ2n) is 3.86. The lowest BCUT2D eigenvalue weighted by Gasteiger charge is -2.22. The molecule has 0 bridgehead atoms. The maximum atomic E-state index is 11.3. The number of rotatable bonds is 4. The first-order valence-corrected chi connectivity index (χ1v) is 5.69. The van der Waals surface area contributed by atoms with E-state index in [1.54, 1.807) is 0 Å². The van der Waals surface area contributed by atoms with Gasteiger partial charge in [0.1, 0.15) is 0 Å². The summed E-state index contributed by atoms with van der Waals surface area (Å²) in [7, 11) is 0. The van der Waals surface area contributed by atoms with Crippen LogP contribution in [-0.2, 0) is 14.3 Å². The molecule has 1 unspecified atom stereocenters. The van der Waals surface area contributed by atoms with Crippen molar-refractivity contribution in [2.45, 2.75) is 25.4 Å². The Morgan fingerprint density at radius 1 is 1.28 bits per heavy atom. The van der Waals surface area contributed by atoms with E-state index in [-0.39, 0.29) is 6.10 Å². The molecule has 0 aliphatic carbocycles. The summed E-state index contributed by atoms with van der Waals surface area (Å²) >= 11 is 0. The fourth-order valence-electron chi connectivity index (χ4n) is 1.52.